The lowest BCUT2D eigenvalue weighted by molar-refractivity contribution is 0.350. The van der Waals surface area contributed by atoms with Crippen LogP contribution in [0.5, 0.6) is 23.0 Å². The molecule has 1 aromatic heterocycles. The minimum atomic E-state index is 0.108. The van der Waals surface area contributed by atoms with Crippen molar-refractivity contribution in [3.05, 3.63) is 59.3 Å². The molecule has 0 aliphatic carbocycles. The topological polar surface area (TPSA) is 106 Å². The van der Waals surface area contributed by atoms with Gasteiger partial charge in [-0.05, 0) is 17.5 Å². The largest absolute Gasteiger partial charge is 0.493 e. The third-order valence-electron chi connectivity index (χ3n) is 4.54. The molecule has 0 saturated heterocycles. The summed E-state index contributed by atoms with van der Waals surface area (Å²) in [6, 6.07) is 13.6. The summed E-state index contributed by atoms with van der Waals surface area (Å²) in [5.41, 5.74) is 14.6. The van der Waals surface area contributed by atoms with E-state index in [1.807, 2.05) is 36.4 Å². The van der Waals surface area contributed by atoms with E-state index in [1.165, 1.54) is 0 Å². The average molecular weight is 394 g/mol. The first-order chi connectivity index (χ1) is 13.9. The van der Waals surface area contributed by atoms with Crippen molar-refractivity contribution in [2.24, 2.45) is 0 Å². The van der Waals surface area contributed by atoms with Crippen LogP contribution < -0.4 is 25.7 Å². The van der Waals surface area contributed by atoms with Crippen molar-refractivity contribution >= 4 is 11.8 Å². The van der Waals surface area contributed by atoms with Crippen molar-refractivity contribution in [3.63, 3.8) is 0 Å². The second kappa shape index (κ2) is 8.68. The Morgan fingerprint density at radius 3 is 2.17 bits per heavy atom. The number of nitrogen functional groups attached to an aromatic ring is 2. The molecule has 0 saturated carbocycles. The maximum Gasteiger partial charge on any atom is 0.222 e. The maximum absolute atomic E-state index is 6.26. The molecular weight excluding hydrogens is 368 g/mol. The van der Waals surface area contributed by atoms with E-state index in [2.05, 4.69) is 23.8 Å². The van der Waals surface area contributed by atoms with Gasteiger partial charge in [-0.1, -0.05) is 44.2 Å². The Balaban J connectivity index is 2.08. The maximum atomic E-state index is 6.26. The molecule has 0 atom stereocenters. The molecule has 4 N–H and O–H groups in total. The second-order valence-corrected chi connectivity index (χ2v) is 6.91. The van der Waals surface area contributed by atoms with Crippen molar-refractivity contribution in [2.75, 3.05) is 25.7 Å². The van der Waals surface area contributed by atoms with Crippen LogP contribution in [-0.4, -0.2) is 24.2 Å². The molecule has 7 nitrogen and oxygen atoms in total. The number of nitrogens with two attached hydrogens (primary N) is 2. The lowest BCUT2D eigenvalue weighted by Gasteiger charge is -2.19. The van der Waals surface area contributed by atoms with Crippen LogP contribution in [-0.2, 0) is 6.42 Å². The fourth-order valence-corrected chi connectivity index (χ4v) is 3.08. The number of methoxy groups -OCH3 is 2. The number of hydrogen-bond acceptors (Lipinski definition) is 7. The molecule has 152 valence electrons. The van der Waals surface area contributed by atoms with Gasteiger partial charge in [-0.15, -0.1) is 0 Å². The van der Waals surface area contributed by atoms with Gasteiger partial charge in [-0.2, -0.15) is 4.98 Å². The van der Waals surface area contributed by atoms with Gasteiger partial charge in [0.2, 0.25) is 5.95 Å². The fraction of sp³-hybridized carbons (Fsp3) is 0.273. The number of nitrogens with zero attached hydrogens (tertiary/aromatic N) is 2. The van der Waals surface area contributed by atoms with Crippen molar-refractivity contribution in [1.29, 1.82) is 0 Å². The number of ether oxygens (including phenoxy) is 3. The Morgan fingerprint density at radius 2 is 1.55 bits per heavy atom. The SMILES string of the molecule is COc1cc(Oc2c(N)nc(N)nc2Cc2ccccc2)c(C(C)C)cc1OC. The Kier molecular flexibility index (Phi) is 6.07. The van der Waals surface area contributed by atoms with Crippen molar-refractivity contribution in [2.45, 2.75) is 26.2 Å². The summed E-state index contributed by atoms with van der Waals surface area (Å²) in [4.78, 5) is 8.47. The van der Waals surface area contributed by atoms with Gasteiger partial charge >= 0.3 is 0 Å². The van der Waals surface area contributed by atoms with E-state index in [-0.39, 0.29) is 17.7 Å². The summed E-state index contributed by atoms with van der Waals surface area (Å²) in [6.07, 6.45) is 0.511. The predicted molar refractivity (Wildman–Crippen MR) is 114 cm³/mol. The standard InChI is InChI=1S/C22H26N4O3/c1-13(2)15-11-18(27-3)19(28-4)12-17(15)29-20-16(25-22(24)26-21(20)23)10-14-8-6-5-7-9-14/h5-9,11-13H,10H2,1-4H3,(H4,23,24,25,26). The van der Waals surface area contributed by atoms with Crippen LogP contribution >= 0.6 is 0 Å². The predicted octanol–water partition coefficient (Wildman–Crippen LogP) is 4.16. The second-order valence-electron chi connectivity index (χ2n) is 6.91. The zero-order chi connectivity index (χ0) is 21.0. The minimum absolute atomic E-state index is 0.108. The zero-order valence-electron chi connectivity index (χ0n) is 17.1. The third-order valence-corrected chi connectivity index (χ3v) is 4.54. The highest BCUT2D eigenvalue weighted by Gasteiger charge is 2.20. The van der Waals surface area contributed by atoms with Crippen LogP contribution in [0, 0.1) is 0 Å². The first kappa shape index (κ1) is 20.3. The molecule has 0 spiro atoms. The summed E-state index contributed by atoms with van der Waals surface area (Å²) in [5.74, 6) is 2.66. The lowest BCUT2D eigenvalue weighted by atomic mass is 10.0. The number of benzene rings is 2. The van der Waals surface area contributed by atoms with E-state index < -0.39 is 0 Å². The summed E-state index contributed by atoms with van der Waals surface area (Å²) < 4.78 is 17.1. The van der Waals surface area contributed by atoms with Crippen LogP contribution in [0.15, 0.2) is 42.5 Å². The molecule has 0 fully saturated rings. The Bertz CT molecular complexity index is 991. The molecule has 0 unspecified atom stereocenters. The smallest absolute Gasteiger partial charge is 0.222 e. The van der Waals surface area contributed by atoms with Gasteiger partial charge in [-0.25, -0.2) is 4.98 Å². The van der Waals surface area contributed by atoms with E-state index in [1.54, 1.807) is 20.3 Å². The molecular formula is C22H26N4O3. The highest BCUT2D eigenvalue weighted by molar-refractivity contribution is 5.58. The monoisotopic (exact) mass is 394 g/mol. The van der Waals surface area contributed by atoms with Crippen LogP contribution in [0.3, 0.4) is 0 Å². The summed E-state index contributed by atoms with van der Waals surface area (Å²) >= 11 is 0. The average Bonchev–Trinajstić information content (AvgIpc) is 2.70. The molecule has 0 aliphatic rings. The number of anilines is 2. The number of rotatable bonds is 7. The molecule has 0 aliphatic heterocycles. The molecule has 0 bridgehead atoms. The zero-order valence-corrected chi connectivity index (χ0v) is 17.1. The normalized spacial score (nSPS) is 10.8. The fourth-order valence-electron chi connectivity index (χ4n) is 3.08. The third kappa shape index (κ3) is 4.51. The lowest BCUT2D eigenvalue weighted by Crippen LogP contribution is -2.08. The summed E-state index contributed by atoms with van der Waals surface area (Å²) in [6.45, 7) is 4.14. The van der Waals surface area contributed by atoms with Gasteiger partial charge < -0.3 is 25.7 Å². The first-order valence-electron chi connectivity index (χ1n) is 9.32. The molecule has 1 heterocycles. The van der Waals surface area contributed by atoms with Gasteiger partial charge in [0.05, 0.1) is 19.9 Å². The van der Waals surface area contributed by atoms with Crippen LogP contribution in [0.1, 0.15) is 36.6 Å². The minimum Gasteiger partial charge on any atom is -0.493 e. The van der Waals surface area contributed by atoms with Gasteiger partial charge in [0.1, 0.15) is 5.75 Å². The Hall–Kier alpha value is -3.48. The molecule has 0 radical (unpaired) electrons. The molecule has 3 aromatic rings. The van der Waals surface area contributed by atoms with E-state index in [9.17, 15) is 0 Å². The molecule has 3 rings (SSSR count). The van der Waals surface area contributed by atoms with Gasteiger partial charge in [-0.3, -0.25) is 0 Å². The van der Waals surface area contributed by atoms with Crippen molar-refractivity contribution < 1.29 is 14.2 Å². The summed E-state index contributed by atoms with van der Waals surface area (Å²) in [5, 5.41) is 0. The number of hydrogen-bond donors (Lipinski definition) is 2. The first-order valence-corrected chi connectivity index (χ1v) is 9.32. The highest BCUT2D eigenvalue weighted by atomic mass is 16.5. The van der Waals surface area contributed by atoms with Gasteiger partial charge in [0.15, 0.2) is 23.1 Å². The van der Waals surface area contributed by atoms with Crippen molar-refractivity contribution in [3.8, 4) is 23.0 Å². The van der Waals surface area contributed by atoms with Gasteiger partial charge in [0.25, 0.3) is 0 Å². The molecule has 2 aromatic carbocycles. The van der Waals surface area contributed by atoms with Gasteiger partial charge in [0, 0.05) is 18.1 Å². The van der Waals surface area contributed by atoms with E-state index in [4.69, 9.17) is 25.7 Å². The molecule has 0 amide bonds. The van der Waals surface area contributed by atoms with Crippen LogP contribution in [0.25, 0.3) is 0 Å². The number of aromatic nitrogens is 2. The quantitative estimate of drug-likeness (QED) is 0.619. The molecule has 29 heavy (non-hydrogen) atoms. The Morgan fingerprint density at radius 1 is 0.897 bits per heavy atom. The van der Waals surface area contributed by atoms with Crippen LogP contribution in [0.2, 0.25) is 0 Å². The van der Waals surface area contributed by atoms with E-state index >= 15 is 0 Å². The Labute approximate surface area is 170 Å². The van der Waals surface area contributed by atoms with Crippen molar-refractivity contribution in [1.82, 2.24) is 9.97 Å². The van der Waals surface area contributed by atoms with E-state index in [0.717, 1.165) is 11.1 Å². The molecule has 7 heteroatoms. The van der Waals surface area contributed by atoms with E-state index in [0.29, 0.717) is 35.1 Å². The van der Waals surface area contributed by atoms with Crippen LogP contribution in [0.4, 0.5) is 11.8 Å². The summed E-state index contributed by atoms with van der Waals surface area (Å²) in [7, 11) is 3.18. The highest BCUT2D eigenvalue weighted by Crippen LogP contribution is 2.41.